The summed E-state index contributed by atoms with van der Waals surface area (Å²) in [5, 5.41) is 0. The summed E-state index contributed by atoms with van der Waals surface area (Å²) >= 11 is 8.77. The predicted molar refractivity (Wildman–Crippen MR) is 37.6 cm³/mol. The van der Waals surface area contributed by atoms with Gasteiger partial charge < -0.3 is 6.15 Å². The summed E-state index contributed by atoms with van der Waals surface area (Å²) in [6, 6.07) is 0. The fraction of sp³-hybridized carbons (Fsp3) is 0. The van der Waals surface area contributed by atoms with Crippen molar-refractivity contribution in [2.24, 2.45) is 0 Å². The van der Waals surface area contributed by atoms with Crippen LogP contribution in [0.5, 0.6) is 0 Å². The van der Waals surface area contributed by atoms with Gasteiger partial charge in [0.15, 0.2) is 0 Å². The first kappa shape index (κ1) is 10.3. The van der Waals surface area contributed by atoms with E-state index in [9.17, 15) is 0 Å². The molecule has 0 saturated heterocycles. The third-order valence-electron chi connectivity index (χ3n) is 0. The van der Waals surface area contributed by atoms with Crippen molar-refractivity contribution in [2.75, 3.05) is 0 Å². The van der Waals surface area contributed by atoms with Crippen LogP contribution in [-0.4, -0.2) is 14.7 Å². The van der Waals surface area contributed by atoms with Crippen LogP contribution in [0.2, 0.25) is 0 Å². The van der Waals surface area contributed by atoms with Gasteiger partial charge in [0.25, 0.3) is 0 Å². The fourth-order valence-corrected chi connectivity index (χ4v) is 0. The van der Waals surface area contributed by atoms with Gasteiger partial charge in [0.05, 0.1) is 0 Å². The van der Waals surface area contributed by atoms with E-state index >= 15 is 0 Å². The van der Waals surface area contributed by atoms with E-state index in [2.05, 4.69) is 36.7 Å². The van der Waals surface area contributed by atoms with Crippen LogP contribution in [0.15, 0.2) is 0 Å². The predicted octanol–water partition coefficient (Wildman–Crippen LogP) is 2.32. The second-order valence-electron chi connectivity index (χ2n) is 0.192. The average molecular weight is 466 g/mol. The Balaban J connectivity index is 0. The average Bonchev–Trinajstić information content (AvgIpc) is 0.811. The molecule has 0 radical (unpaired) electrons. The first-order chi connectivity index (χ1) is 1.73. The van der Waals surface area contributed by atoms with Crippen molar-refractivity contribution in [1.29, 1.82) is 0 Å². The molecule has 5 heavy (non-hydrogen) atoms. The van der Waals surface area contributed by atoms with Crippen molar-refractivity contribution in [3.63, 3.8) is 0 Å². The topological polar surface area (TPSA) is 35.0 Å². The van der Waals surface area contributed by atoms with Gasteiger partial charge in [0, 0.05) is 0 Å². The molecule has 1 nitrogen and oxygen atoms in total. The Bertz CT molecular complexity index is 11.6. The van der Waals surface area contributed by atoms with Crippen LogP contribution in [0, 0.1) is 0 Å². The SMILES string of the molecule is N.[Br][Bi]([Br])[Br]. The Morgan fingerprint density at radius 2 is 1.00 bits per heavy atom. The van der Waals surface area contributed by atoms with Crippen LogP contribution >= 0.6 is 36.7 Å². The molecule has 0 saturated carbocycles. The molecule has 0 aromatic carbocycles. The molecule has 0 aliphatic rings. The zero-order chi connectivity index (χ0) is 3.58. The van der Waals surface area contributed by atoms with E-state index in [0.717, 1.165) is 0 Å². The summed E-state index contributed by atoms with van der Waals surface area (Å²) in [6.45, 7) is 0. The van der Waals surface area contributed by atoms with Crippen molar-refractivity contribution in [1.82, 2.24) is 6.15 Å². The van der Waals surface area contributed by atoms with Crippen molar-refractivity contribution in [3.05, 3.63) is 0 Å². The van der Waals surface area contributed by atoms with E-state index in [1.165, 1.54) is 0 Å². The molecular weight excluding hydrogens is 463 g/mol. The van der Waals surface area contributed by atoms with Crippen molar-refractivity contribution in [2.45, 2.75) is 0 Å². The number of hydrogen-bond donors (Lipinski definition) is 1. The fourth-order valence-electron chi connectivity index (χ4n) is 0. The molecule has 0 aliphatic heterocycles. The summed E-state index contributed by atoms with van der Waals surface area (Å²) in [7, 11) is 0. The molecule has 0 aromatic heterocycles. The van der Waals surface area contributed by atoms with E-state index in [1.54, 1.807) is 0 Å². The van der Waals surface area contributed by atoms with Crippen molar-refractivity contribution >= 4 is 51.4 Å². The van der Waals surface area contributed by atoms with E-state index < -0.39 is 14.7 Å². The van der Waals surface area contributed by atoms with Gasteiger partial charge in [-0.2, -0.15) is 0 Å². The molecule has 0 rings (SSSR count). The van der Waals surface area contributed by atoms with Crippen molar-refractivity contribution in [3.8, 4) is 0 Å². The van der Waals surface area contributed by atoms with E-state index in [1.807, 2.05) is 0 Å². The number of rotatable bonds is 0. The molecule has 5 heteroatoms. The summed E-state index contributed by atoms with van der Waals surface area (Å²) < 4.78 is 0. The quantitative estimate of drug-likeness (QED) is 0.548. The first-order valence-electron chi connectivity index (χ1n) is 0.507. The van der Waals surface area contributed by atoms with Crippen molar-refractivity contribution < 1.29 is 0 Å². The molecule has 0 unspecified atom stereocenters. The number of halogens is 3. The molecule has 0 fully saturated rings. The second kappa shape index (κ2) is 6.28. The second-order valence-corrected chi connectivity index (χ2v) is 45.4. The Morgan fingerprint density at radius 3 is 1.00 bits per heavy atom. The maximum absolute atomic E-state index is 3.31. The third kappa shape index (κ3) is 22.1. The number of hydrogen-bond acceptors (Lipinski definition) is 1. The van der Waals surface area contributed by atoms with Gasteiger partial charge in [0.2, 0.25) is 0 Å². The molecule has 3 N–H and O–H groups in total. The summed E-state index contributed by atoms with van der Waals surface area (Å²) in [6.07, 6.45) is 0. The van der Waals surface area contributed by atoms with Crippen LogP contribution in [-0.2, 0) is 0 Å². The van der Waals surface area contributed by atoms with E-state index in [-0.39, 0.29) is 6.15 Å². The van der Waals surface area contributed by atoms with Gasteiger partial charge in [-0.1, -0.05) is 0 Å². The maximum atomic E-state index is 3.31. The van der Waals surface area contributed by atoms with Gasteiger partial charge in [-0.25, -0.2) is 0 Å². The summed E-state index contributed by atoms with van der Waals surface area (Å²) in [4.78, 5) is 0. The Hall–Kier alpha value is 2.28. The Labute approximate surface area is 56.5 Å². The van der Waals surface area contributed by atoms with Gasteiger partial charge in [0.1, 0.15) is 0 Å². The van der Waals surface area contributed by atoms with Crippen LogP contribution < -0.4 is 6.15 Å². The van der Waals surface area contributed by atoms with Crippen LogP contribution in [0.3, 0.4) is 0 Å². The van der Waals surface area contributed by atoms with Crippen LogP contribution in [0.4, 0.5) is 0 Å². The zero-order valence-electron chi connectivity index (χ0n) is 2.29. The molecule has 0 atom stereocenters. The molecule has 0 amide bonds. The van der Waals surface area contributed by atoms with Crippen LogP contribution in [0.1, 0.15) is 0 Å². The third-order valence-corrected chi connectivity index (χ3v) is 0. The monoisotopic (exact) mass is 463 g/mol. The minimum atomic E-state index is -1.16. The standard InChI is InChI=1S/Bi.3BrH.H3N/h;3*1H;1H3/q+3;;;;/p-3. The Morgan fingerprint density at radius 1 is 1.00 bits per heavy atom. The first-order valence-corrected chi connectivity index (χ1v) is 23.1. The van der Waals surface area contributed by atoms with Crippen LogP contribution in [0.25, 0.3) is 0 Å². The molecule has 0 aromatic rings. The molecule has 34 valence electrons. The molecule has 0 aliphatic carbocycles. The van der Waals surface area contributed by atoms with Gasteiger partial charge in [-0.3, -0.25) is 0 Å². The zero-order valence-corrected chi connectivity index (χ0v) is 10.5. The van der Waals surface area contributed by atoms with Gasteiger partial charge >= 0.3 is 51.4 Å². The Kier molecular flexibility index (Phi) is 12.9. The summed E-state index contributed by atoms with van der Waals surface area (Å²) in [5.41, 5.74) is 0. The molecule has 0 heterocycles. The minimum absolute atomic E-state index is 0. The molecule has 0 spiro atoms. The van der Waals surface area contributed by atoms with E-state index in [0.29, 0.717) is 0 Å². The van der Waals surface area contributed by atoms with E-state index in [4.69, 9.17) is 0 Å². The molecular formula is H3BiBr3N. The molecule has 0 bridgehead atoms. The summed E-state index contributed by atoms with van der Waals surface area (Å²) in [5.74, 6) is 0. The van der Waals surface area contributed by atoms with Gasteiger partial charge in [-0.15, -0.1) is 0 Å². The van der Waals surface area contributed by atoms with Gasteiger partial charge in [-0.05, 0) is 0 Å². The normalized spacial score (nSPS) is 7.20.